The lowest BCUT2D eigenvalue weighted by Crippen LogP contribution is -2.25. The number of ether oxygens (including phenoxy) is 1. The van der Waals surface area contributed by atoms with Crippen LogP contribution >= 0.6 is 0 Å². The standard InChI is InChI=1S/C18H24N2O3S/c1-6-23-17-9-8-14(24(22)7-2)11-15(17)13-10-16(19(3)4)18(21)20(5)12-13/h8-12H,6-7H2,1-5H3. The van der Waals surface area contributed by atoms with Gasteiger partial charge in [-0.25, -0.2) is 0 Å². The maximum Gasteiger partial charge on any atom is 0.273 e. The monoisotopic (exact) mass is 348 g/mol. The smallest absolute Gasteiger partial charge is 0.273 e. The Morgan fingerprint density at radius 3 is 2.50 bits per heavy atom. The predicted octanol–water partition coefficient (Wildman–Crippen LogP) is 2.64. The van der Waals surface area contributed by atoms with Crippen molar-refractivity contribution in [2.24, 2.45) is 7.05 Å². The van der Waals surface area contributed by atoms with Crippen molar-refractivity contribution in [3.8, 4) is 16.9 Å². The largest absolute Gasteiger partial charge is 0.493 e. The van der Waals surface area contributed by atoms with Crippen molar-refractivity contribution in [1.29, 1.82) is 0 Å². The maximum atomic E-state index is 12.3. The van der Waals surface area contributed by atoms with E-state index >= 15 is 0 Å². The van der Waals surface area contributed by atoms with E-state index in [1.165, 1.54) is 0 Å². The van der Waals surface area contributed by atoms with E-state index in [0.29, 0.717) is 18.0 Å². The molecule has 0 fully saturated rings. The molecule has 0 aliphatic rings. The summed E-state index contributed by atoms with van der Waals surface area (Å²) in [6, 6.07) is 7.42. The average molecular weight is 348 g/mol. The molecule has 0 saturated carbocycles. The van der Waals surface area contributed by atoms with E-state index < -0.39 is 10.8 Å². The normalized spacial score (nSPS) is 12.0. The number of hydrogen-bond acceptors (Lipinski definition) is 4. The molecule has 0 bridgehead atoms. The average Bonchev–Trinajstić information content (AvgIpc) is 2.56. The molecular weight excluding hydrogens is 324 g/mol. The van der Waals surface area contributed by atoms with Gasteiger partial charge in [-0.15, -0.1) is 0 Å². The molecule has 1 heterocycles. The molecule has 1 aromatic heterocycles. The van der Waals surface area contributed by atoms with Crippen molar-refractivity contribution in [3.63, 3.8) is 0 Å². The van der Waals surface area contributed by atoms with E-state index in [1.54, 1.807) is 22.7 Å². The van der Waals surface area contributed by atoms with Crippen LogP contribution in [-0.2, 0) is 17.8 Å². The molecule has 0 N–H and O–H groups in total. The van der Waals surface area contributed by atoms with Crippen molar-refractivity contribution >= 4 is 16.5 Å². The SMILES string of the molecule is CCOc1ccc(S(=O)CC)cc1-c1cc(N(C)C)c(=O)n(C)c1. The van der Waals surface area contributed by atoms with Crippen LogP contribution < -0.4 is 15.2 Å². The molecule has 0 aliphatic heterocycles. The zero-order valence-electron chi connectivity index (χ0n) is 14.8. The first-order valence-corrected chi connectivity index (χ1v) is 9.24. The summed E-state index contributed by atoms with van der Waals surface area (Å²) in [7, 11) is 4.36. The first-order chi connectivity index (χ1) is 11.4. The number of hydrogen-bond donors (Lipinski definition) is 0. The van der Waals surface area contributed by atoms with Gasteiger partial charge in [-0.3, -0.25) is 9.00 Å². The van der Waals surface area contributed by atoms with Crippen molar-refractivity contribution in [1.82, 2.24) is 4.57 Å². The summed E-state index contributed by atoms with van der Waals surface area (Å²) in [4.78, 5) is 14.8. The Morgan fingerprint density at radius 1 is 1.21 bits per heavy atom. The summed E-state index contributed by atoms with van der Waals surface area (Å²) >= 11 is 0. The molecule has 0 saturated heterocycles. The molecular formula is C18H24N2O3S. The van der Waals surface area contributed by atoms with Gasteiger partial charge in [0.05, 0.1) is 17.4 Å². The Balaban J connectivity index is 2.69. The second kappa shape index (κ2) is 7.66. The third kappa shape index (κ3) is 3.70. The number of benzene rings is 1. The lowest BCUT2D eigenvalue weighted by molar-refractivity contribution is 0.341. The lowest BCUT2D eigenvalue weighted by Gasteiger charge is -2.17. The first-order valence-electron chi connectivity index (χ1n) is 7.92. The van der Waals surface area contributed by atoms with Crippen molar-refractivity contribution in [3.05, 3.63) is 40.8 Å². The van der Waals surface area contributed by atoms with E-state index in [2.05, 4.69) is 0 Å². The number of rotatable bonds is 6. The highest BCUT2D eigenvalue weighted by atomic mass is 32.2. The molecule has 6 heteroatoms. The topological polar surface area (TPSA) is 51.5 Å². The molecule has 2 aromatic rings. The first kappa shape index (κ1) is 18.3. The summed E-state index contributed by atoms with van der Waals surface area (Å²) < 4.78 is 19.5. The van der Waals surface area contributed by atoms with E-state index in [4.69, 9.17) is 4.74 Å². The molecule has 5 nitrogen and oxygen atoms in total. The lowest BCUT2D eigenvalue weighted by atomic mass is 10.1. The van der Waals surface area contributed by atoms with Crippen LogP contribution in [-0.4, -0.2) is 35.2 Å². The molecule has 0 amide bonds. The van der Waals surface area contributed by atoms with E-state index in [-0.39, 0.29) is 5.56 Å². The number of aromatic nitrogens is 1. The Labute approximate surface area is 145 Å². The van der Waals surface area contributed by atoms with Crippen LogP contribution in [0.1, 0.15) is 13.8 Å². The van der Waals surface area contributed by atoms with Gasteiger partial charge in [0, 0.05) is 49.1 Å². The van der Waals surface area contributed by atoms with Gasteiger partial charge in [0.1, 0.15) is 11.4 Å². The van der Waals surface area contributed by atoms with Gasteiger partial charge >= 0.3 is 0 Å². The fourth-order valence-electron chi connectivity index (χ4n) is 2.49. The van der Waals surface area contributed by atoms with Gasteiger partial charge < -0.3 is 14.2 Å². The maximum absolute atomic E-state index is 12.3. The summed E-state index contributed by atoms with van der Waals surface area (Å²) in [6.07, 6.45) is 1.78. The van der Waals surface area contributed by atoms with E-state index in [9.17, 15) is 9.00 Å². The van der Waals surface area contributed by atoms with Crippen LogP contribution in [0.3, 0.4) is 0 Å². The highest BCUT2D eigenvalue weighted by Crippen LogP contribution is 2.33. The molecule has 2 rings (SSSR count). The van der Waals surface area contributed by atoms with Gasteiger partial charge in [-0.1, -0.05) is 6.92 Å². The summed E-state index contributed by atoms with van der Waals surface area (Å²) in [5.74, 6) is 1.28. The number of aryl methyl sites for hydroxylation is 1. The van der Waals surface area contributed by atoms with Gasteiger partial charge in [0.25, 0.3) is 5.56 Å². The van der Waals surface area contributed by atoms with Gasteiger partial charge in [-0.2, -0.15) is 0 Å². The zero-order valence-corrected chi connectivity index (χ0v) is 15.6. The van der Waals surface area contributed by atoms with Gasteiger partial charge in [-0.05, 0) is 31.2 Å². The second-order valence-corrected chi connectivity index (χ2v) is 7.39. The molecule has 0 spiro atoms. The van der Waals surface area contributed by atoms with Crippen LogP contribution in [0.15, 0.2) is 40.2 Å². The van der Waals surface area contributed by atoms with Gasteiger partial charge in [0.15, 0.2) is 0 Å². The van der Waals surface area contributed by atoms with Crippen molar-refractivity contribution < 1.29 is 8.95 Å². The van der Waals surface area contributed by atoms with Crippen LogP contribution in [0.25, 0.3) is 11.1 Å². The predicted molar refractivity (Wildman–Crippen MR) is 99.6 cm³/mol. The Bertz CT molecular complexity index is 812. The Morgan fingerprint density at radius 2 is 1.92 bits per heavy atom. The minimum Gasteiger partial charge on any atom is -0.493 e. The van der Waals surface area contributed by atoms with Gasteiger partial charge in [0.2, 0.25) is 0 Å². The molecule has 1 aromatic carbocycles. The fourth-order valence-corrected chi connectivity index (χ4v) is 3.29. The third-order valence-corrected chi connectivity index (χ3v) is 5.04. The molecule has 1 unspecified atom stereocenters. The number of pyridine rings is 1. The fraction of sp³-hybridized carbons (Fsp3) is 0.389. The Hall–Kier alpha value is -2.08. The summed E-state index contributed by atoms with van der Waals surface area (Å²) in [6.45, 7) is 4.35. The van der Waals surface area contributed by atoms with Crippen LogP contribution in [0, 0.1) is 0 Å². The summed E-state index contributed by atoms with van der Waals surface area (Å²) in [5.41, 5.74) is 2.24. The van der Waals surface area contributed by atoms with Crippen LogP contribution in [0.4, 0.5) is 5.69 Å². The van der Waals surface area contributed by atoms with E-state index in [1.807, 2.05) is 52.2 Å². The highest BCUT2D eigenvalue weighted by molar-refractivity contribution is 7.85. The van der Waals surface area contributed by atoms with E-state index in [0.717, 1.165) is 21.8 Å². The van der Waals surface area contributed by atoms with Crippen LogP contribution in [0.5, 0.6) is 5.75 Å². The highest BCUT2D eigenvalue weighted by Gasteiger charge is 2.14. The number of nitrogens with zero attached hydrogens (tertiary/aromatic N) is 2. The molecule has 24 heavy (non-hydrogen) atoms. The second-order valence-electron chi connectivity index (χ2n) is 5.65. The van der Waals surface area contributed by atoms with Crippen LogP contribution in [0.2, 0.25) is 0 Å². The molecule has 0 radical (unpaired) electrons. The zero-order chi connectivity index (χ0) is 17.9. The number of anilines is 1. The summed E-state index contributed by atoms with van der Waals surface area (Å²) in [5, 5.41) is 0. The quantitative estimate of drug-likeness (QED) is 0.805. The van der Waals surface area contributed by atoms with Crippen molar-refractivity contribution in [2.75, 3.05) is 31.4 Å². The molecule has 0 aliphatic carbocycles. The van der Waals surface area contributed by atoms with Crippen molar-refractivity contribution in [2.45, 2.75) is 18.7 Å². The third-order valence-electron chi connectivity index (χ3n) is 3.73. The molecule has 130 valence electrons. The molecule has 1 atom stereocenters. The minimum atomic E-state index is -1.05. The minimum absolute atomic E-state index is 0.0602. The Kier molecular flexibility index (Phi) is 5.83.